The van der Waals surface area contributed by atoms with Crippen LogP contribution in [0.25, 0.3) is 11.0 Å². The number of fused-ring (bicyclic) bond motifs is 1. The molecule has 0 radical (unpaired) electrons. The first-order valence-electron chi connectivity index (χ1n) is 8.51. The maximum absolute atomic E-state index is 5.74. The second kappa shape index (κ2) is 6.63. The number of imidazole rings is 1. The lowest BCUT2D eigenvalue weighted by molar-refractivity contribution is 0.233. The minimum Gasteiger partial charge on any atom is -0.399 e. The van der Waals surface area contributed by atoms with Crippen molar-refractivity contribution < 1.29 is 0 Å². The molecule has 0 atom stereocenters. The summed E-state index contributed by atoms with van der Waals surface area (Å²) in [4.78, 5) is 10.7. The smallest absolute Gasteiger partial charge is 0.111 e. The lowest BCUT2D eigenvalue weighted by Gasteiger charge is -2.27. The molecular weight excluding hydrogens is 298 g/mol. The van der Waals surface area contributed by atoms with Crippen molar-refractivity contribution in [2.75, 3.05) is 31.9 Å². The van der Waals surface area contributed by atoms with Gasteiger partial charge >= 0.3 is 0 Å². The van der Waals surface area contributed by atoms with Gasteiger partial charge in [0.2, 0.25) is 0 Å². The third-order valence-corrected chi connectivity index (χ3v) is 4.56. The molecule has 3 aromatic rings. The summed E-state index contributed by atoms with van der Waals surface area (Å²) >= 11 is 0. The molecule has 4 rings (SSSR count). The van der Waals surface area contributed by atoms with E-state index in [0.717, 1.165) is 61.7 Å². The molecule has 24 heavy (non-hydrogen) atoms. The molecule has 1 aliphatic heterocycles. The predicted molar refractivity (Wildman–Crippen MR) is 97.9 cm³/mol. The van der Waals surface area contributed by atoms with Crippen molar-refractivity contribution in [3.05, 3.63) is 59.4 Å². The number of rotatable bonds is 4. The van der Waals surface area contributed by atoms with Gasteiger partial charge in [0.1, 0.15) is 5.82 Å². The van der Waals surface area contributed by atoms with E-state index in [1.54, 1.807) is 0 Å². The minimum atomic E-state index is 0.793. The zero-order chi connectivity index (χ0) is 16.4. The van der Waals surface area contributed by atoms with Crippen LogP contribution in [0, 0.1) is 0 Å². The Balaban J connectivity index is 1.51. The number of nitrogens with one attached hydrogen (secondary N) is 2. The molecule has 0 bridgehead atoms. The third-order valence-electron chi connectivity index (χ3n) is 4.56. The Kier molecular flexibility index (Phi) is 4.19. The van der Waals surface area contributed by atoms with E-state index in [9.17, 15) is 0 Å². The lowest BCUT2D eigenvalue weighted by Crippen LogP contribution is -2.42. The highest BCUT2D eigenvalue weighted by atomic mass is 15.2. The summed E-state index contributed by atoms with van der Waals surface area (Å²) in [5.41, 5.74) is 11.2. The van der Waals surface area contributed by atoms with Gasteiger partial charge in [0.15, 0.2) is 0 Å². The van der Waals surface area contributed by atoms with Gasteiger partial charge in [-0.15, -0.1) is 0 Å². The Hall–Kier alpha value is -2.37. The number of anilines is 1. The number of piperazine rings is 1. The van der Waals surface area contributed by atoms with Gasteiger partial charge in [-0.2, -0.15) is 0 Å². The van der Waals surface area contributed by atoms with Crippen LogP contribution >= 0.6 is 0 Å². The van der Waals surface area contributed by atoms with Crippen molar-refractivity contribution in [3.63, 3.8) is 0 Å². The molecule has 1 aliphatic rings. The van der Waals surface area contributed by atoms with Gasteiger partial charge in [0.05, 0.1) is 11.0 Å². The molecule has 5 heteroatoms. The Morgan fingerprint density at radius 1 is 1.00 bits per heavy atom. The number of H-pyrrole nitrogens is 1. The molecule has 0 spiro atoms. The fourth-order valence-electron chi connectivity index (χ4n) is 3.25. The summed E-state index contributed by atoms with van der Waals surface area (Å²) < 4.78 is 0. The van der Waals surface area contributed by atoms with Crippen LogP contribution in [-0.4, -0.2) is 41.0 Å². The molecule has 124 valence electrons. The lowest BCUT2D eigenvalue weighted by atomic mass is 10.1. The average molecular weight is 321 g/mol. The summed E-state index contributed by atoms with van der Waals surface area (Å²) in [5, 5.41) is 3.39. The summed E-state index contributed by atoms with van der Waals surface area (Å²) in [5.74, 6) is 0.995. The summed E-state index contributed by atoms with van der Waals surface area (Å²) in [7, 11) is 0. The van der Waals surface area contributed by atoms with Crippen LogP contribution < -0.4 is 11.1 Å². The molecule has 2 heterocycles. The quantitative estimate of drug-likeness (QED) is 0.644. The van der Waals surface area contributed by atoms with Crippen molar-refractivity contribution in [3.8, 4) is 0 Å². The van der Waals surface area contributed by atoms with E-state index in [2.05, 4.69) is 45.5 Å². The molecule has 1 aromatic heterocycles. The fraction of sp³-hybridized carbons (Fsp3) is 0.316. The number of hydrogen-bond acceptors (Lipinski definition) is 4. The van der Waals surface area contributed by atoms with E-state index in [1.807, 2.05) is 12.1 Å². The second-order valence-corrected chi connectivity index (χ2v) is 6.48. The van der Waals surface area contributed by atoms with E-state index < -0.39 is 0 Å². The van der Waals surface area contributed by atoms with Crippen LogP contribution in [0.2, 0.25) is 0 Å². The molecule has 1 saturated heterocycles. The van der Waals surface area contributed by atoms with Crippen molar-refractivity contribution in [2.24, 2.45) is 0 Å². The highest BCUT2D eigenvalue weighted by molar-refractivity contribution is 5.76. The molecule has 1 fully saturated rings. The Morgan fingerprint density at radius 3 is 2.54 bits per heavy atom. The maximum atomic E-state index is 5.74. The van der Waals surface area contributed by atoms with Gasteiger partial charge in [-0.3, -0.25) is 4.90 Å². The number of benzene rings is 2. The van der Waals surface area contributed by atoms with Crippen molar-refractivity contribution >= 4 is 16.7 Å². The van der Waals surface area contributed by atoms with Crippen molar-refractivity contribution in [1.82, 2.24) is 20.2 Å². The summed E-state index contributed by atoms with van der Waals surface area (Å²) in [6.45, 7) is 5.40. The molecule has 2 aromatic carbocycles. The molecule has 5 nitrogen and oxygen atoms in total. The molecule has 0 unspecified atom stereocenters. The molecular formula is C19H23N5. The van der Waals surface area contributed by atoms with Crippen LogP contribution in [0.15, 0.2) is 42.5 Å². The Bertz CT molecular complexity index is 815. The van der Waals surface area contributed by atoms with E-state index in [-0.39, 0.29) is 0 Å². The first kappa shape index (κ1) is 15.2. The second-order valence-electron chi connectivity index (χ2n) is 6.48. The average Bonchev–Trinajstić information content (AvgIpc) is 2.99. The predicted octanol–water partition coefficient (Wildman–Crippen LogP) is 2.14. The number of nitrogens with zero attached hydrogens (tertiary/aromatic N) is 2. The third kappa shape index (κ3) is 3.42. The van der Waals surface area contributed by atoms with Crippen LogP contribution in [-0.2, 0) is 13.0 Å². The van der Waals surface area contributed by atoms with E-state index in [1.165, 1.54) is 11.1 Å². The van der Waals surface area contributed by atoms with Crippen LogP contribution in [0.3, 0.4) is 0 Å². The SMILES string of the molecule is Nc1ccc(Cc2nc3ccc(CN4CCNCC4)cc3[nH]2)cc1. The Morgan fingerprint density at radius 2 is 1.75 bits per heavy atom. The van der Waals surface area contributed by atoms with Gasteiger partial charge in [0, 0.05) is 44.8 Å². The largest absolute Gasteiger partial charge is 0.399 e. The number of hydrogen-bond donors (Lipinski definition) is 3. The topological polar surface area (TPSA) is 70.0 Å². The highest BCUT2D eigenvalue weighted by Crippen LogP contribution is 2.17. The molecule has 4 N–H and O–H groups in total. The maximum Gasteiger partial charge on any atom is 0.111 e. The van der Waals surface area contributed by atoms with Gasteiger partial charge in [-0.25, -0.2) is 4.98 Å². The van der Waals surface area contributed by atoms with Gasteiger partial charge < -0.3 is 16.0 Å². The zero-order valence-electron chi connectivity index (χ0n) is 13.8. The van der Waals surface area contributed by atoms with Gasteiger partial charge in [-0.05, 0) is 35.4 Å². The van der Waals surface area contributed by atoms with Crippen molar-refractivity contribution in [1.29, 1.82) is 0 Å². The highest BCUT2D eigenvalue weighted by Gasteiger charge is 2.11. The first-order chi connectivity index (χ1) is 11.8. The number of nitrogens with two attached hydrogens (primary N) is 1. The number of aromatic nitrogens is 2. The van der Waals surface area contributed by atoms with Gasteiger partial charge in [-0.1, -0.05) is 18.2 Å². The van der Waals surface area contributed by atoms with Gasteiger partial charge in [0.25, 0.3) is 0 Å². The van der Waals surface area contributed by atoms with Crippen LogP contribution in [0.5, 0.6) is 0 Å². The van der Waals surface area contributed by atoms with E-state index in [0.29, 0.717) is 0 Å². The monoisotopic (exact) mass is 321 g/mol. The van der Waals surface area contributed by atoms with Crippen molar-refractivity contribution in [2.45, 2.75) is 13.0 Å². The normalized spacial score (nSPS) is 15.8. The zero-order valence-corrected chi connectivity index (χ0v) is 13.8. The number of aromatic amines is 1. The first-order valence-corrected chi connectivity index (χ1v) is 8.51. The van der Waals surface area contributed by atoms with Crippen LogP contribution in [0.1, 0.15) is 17.0 Å². The fourth-order valence-corrected chi connectivity index (χ4v) is 3.25. The summed E-state index contributed by atoms with van der Waals surface area (Å²) in [6.07, 6.45) is 0.794. The Labute approximate surface area is 141 Å². The van der Waals surface area contributed by atoms with Crippen LogP contribution in [0.4, 0.5) is 5.69 Å². The number of nitrogen functional groups attached to an aromatic ring is 1. The molecule has 0 amide bonds. The van der Waals surface area contributed by atoms with E-state index in [4.69, 9.17) is 10.7 Å². The standard InChI is InChI=1S/C19H23N5/c20-16-4-1-14(2-5-16)12-19-22-17-6-3-15(11-18(17)23-19)13-24-9-7-21-8-10-24/h1-6,11,21H,7-10,12-13,20H2,(H,22,23). The molecule has 0 saturated carbocycles. The van der Waals surface area contributed by atoms with E-state index >= 15 is 0 Å². The minimum absolute atomic E-state index is 0.793. The molecule has 0 aliphatic carbocycles. The summed E-state index contributed by atoms with van der Waals surface area (Å²) in [6, 6.07) is 14.5.